The van der Waals surface area contributed by atoms with Gasteiger partial charge in [-0.1, -0.05) is 18.2 Å². The first kappa shape index (κ1) is 26.4. The standard InChI is InChI=1S/C29H41N3O4/c1-21(20-34-2)36-27-8-4-6-24(16-27)25(17-28(33)35-3)19-32-15-13-22(18-32)9-11-26-12-10-23-7-5-14-30-29(23)31-26/h4,6,8,10,12,16,21-22,25H,5,7,9,11,13-15,17-20H2,1-3H3,(H,30,31)/t21-,22-,25?/m1/s1. The Kier molecular flexibility index (Phi) is 9.59. The molecule has 0 spiro atoms. The number of nitrogens with zero attached hydrogens (tertiary/aromatic N) is 2. The molecule has 0 saturated carbocycles. The Morgan fingerprint density at radius 3 is 2.97 bits per heavy atom. The minimum atomic E-state index is -0.179. The number of esters is 1. The molecule has 0 aliphatic carbocycles. The van der Waals surface area contributed by atoms with E-state index in [1.54, 1.807) is 7.11 Å². The van der Waals surface area contributed by atoms with Crippen LogP contribution in [0.15, 0.2) is 36.4 Å². The van der Waals surface area contributed by atoms with Gasteiger partial charge in [-0.3, -0.25) is 4.79 Å². The number of ether oxygens (including phenoxy) is 3. The van der Waals surface area contributed by atoms with Crippen molar-refractivity contribution < 1.29 is 19.0 Å². The second-order valence-corrected chi connectivity index (χ2v) is 10.2. The molecular formula is C29H41N3O4. The van der Waals surface area contributed by atoms with Gasteiger partial charge in [0.2, 0.25) is 0 Å². The van der Waals surface area contributed by atoms with E-state index in [0.717, 1.165) is 62.6 Å². The third kappa shape index (κ3) is 7.43. The molecule has 0 radical (unpaired) electrons. The number of benzene rings is 1. The van der Waals surface area contributed by atoms with Crippen LogP contribution in [-0.4, -0.2) is 69.0 Å². The molecule has 0 bridgehead atoms. The first-order valence-corrected chi connectivity index (χ1v) is 13.3. The fraction of sp³-hybridized carbons (Fsp3) is 0.586. The van der Waals surface area contributed by atoms with Crippen molar-refractivity contribution in [3.63, 3.8) is 0 Å². The lowest BCUT2D eigenvalue weighted by Crippen LogP contribution is -2.28. The third-order valence-corrected chi connectivity index (χ3v) is 7.32. The molecular weight excluding hydrogens is 454 g/mol. The van der Waals surface area contributed by atoms with Crippen LogP contribution in [0, 0.1) is 5.92 Å². The van der Waals surface area contributed by atoms with Crippen molar-refractivity contribution in [2.45, 2.75) is 57.5 Å². The number of hydrogen-bond acceptors (Lipinski definition) is 7. The van der Waals surface area contributed by atoms with E-state index in [1.807, 2.05) is 19.1 Å². The maximum Gasteiger partial charge on any atom is 0.306 e. The van der Waals surface area contributed by atoms with E-state index < -0.39 is 0 Å². The number of aromatic nitrogens is 1. The maximum atomic E-state index is 12.2. The largest absolute Gasteiger partial charge is 0.488 e. The fourth-order valence-electron chi connectivity index (χ4n) is 5.40. The lowest BCUT2D eigenvalue weighted by Gasteiger charge is -2.24. The van der Waals surface area contributed by atoms with Crippen LogP contribution < -0.4 is 10.1 Å². The minimum Gasteiger partial charge on any atom is -0.488 e. The number of carbonyl (C=O) groups is 1. The molecule has 0 amide bonds. The van der Waals surface area contributed by atoms with Crippen molar-refractivity contribution in [1.29, 1.82) is 0 Å². The lowest BCUT2D eigenvalue weighted by molar-refractivity contribution is -0.141. The molecule has 2 aromatic rings. The van der Waals surface area contributed by atoms with Gasteiger partial charge >= 0.3 is 5.97 Å². The summed E-state index contributed by atoms with van der Waals surface area (Å²) in [6, 6.07) is 12.6. The topological polar surface area (TPSA) is 72.9 Å². The molecule has 1 N–H and O–H groups in total. The predicted molar refractivity (Wildman–Crippen MR) is 142 cm³/mol. The Hall–Kier alpha value is -2.64. The highest BCUT2D eigenvalue weighted by molar-refractivity contribution is 5.70. The van der Waals surface area contributed by atoms with Gasteiger partial charge in [0.05, 0.1) is 20.1 Å². The van der Waals surface area contributed by atoms with E-state index in [-0.39, 0.29) is 18.0 Å². The molecule has 1 saturated heterocycles. The normalized spacial score (nSPS) is 19.2. The monoisotopic (exact) mass is 495 g/mol. The number of nitrogens with one attached hydrogen (secondary N) is 1. The van der Waals surface area contributed by atoms with Gasteiger partial charge in [-0.15, -0.1) is 0 Å². The number of pyridine rings is 1. The van der Waals surface area contributed by atoms with Gasteiger partial charge in [0.25, 0.3) is 0 Å². The van der Waals surface area contributed by atoms with E-state index in [9.17, 15) is 4.79 Å². The molecule has 3 atom stereocenters. The van der Waals surface area contributed by atoms with Crippen LogP contribution in [0.3, 0.4) is 0 Å². The smallest absolute Gasteiger partial charge is 0.306 e. The summed E-state index contributed by atoms with van der Waals surface area (Å²) in [4.78, 5) is 19.6. The van der Waals surface area contributed by atoms with Gasteiger partial charge in [-0.25, -0.2) is 4.98 Å². The number of likely N-dealkylation sites (tertiary alicyclic amines) is 1. The number of rotatable bonds is 12. The molecule has 196 valence electrons. The molecule has 1 unspecified atom stereocenters. The van der Waals surface area contributed by atoms with Crippen molar-refractivity contribution >= 4 is 11.8 Å². The van der Waals surface area contributed by atoms with E-state index >= 15 is 0 Å². The number of anilines is 1. The summed E-state index contributed by atoms with van der Waals surface area (Å²) >= 11 is 0. The van der Waals surface area contributed by atoms with Crippen LogP contribution in [0.2, 0.25) is 0 Å². The van der Waals surface area contributed by atoms with Crippen molar-refractivity contribution in [1.82, 2.24) is 9.88 Å². The number of carbonyl (C=O) groups excluding carboxylic acids is 1. The SMILES string of the molecule is COC[C@@H](C)Oc1cccc(C(CC(=O)OC)CN2CC[C@@H](CCc3ccc4c(n3)NCCC4)C2)c1. The Morgan fingerprint density at radius 1 is 1.25 bits per heavy atom. The van der Waals surface area contributed by atoms with Gasteiger partial charge in [0, 0.05) is 38.4 Å². The van der Waals surface area contributed by atoms with Crippen LogP contribution in [0.1, 0.15) is 55.3 Å². The summed E-state index contributed by atoms with van der Waals surface area (Å²) in [6.07, 6.45) is 5.98. The molecule has 7 heteroatoms. The van der Waals surface area contributed by atoms with Crippen molar-refractivity contribution in [3.05, 3.63) is 53.2 Å². The highest BCUT2D eigenvalue weighted by atomic mass is 16.5. The van der Waals surface area contributed by atoms with Crippen LogP contribution in [0.4, 0.5) is 5.82 Å². The summed E-state index contributed by atoms with van der Waals surface area (Å²) in [5, 5.41) is 3.44. The minimum absolute atomic E-state index is 0.0379. The Balaban J connectivity index is 1.34. The number of methoxy groups -OCH3 is 2. The Bertz CT molecular complexity index is 998. The molecule has 4 rings (SSSR count). The summed E-state index contributed by atoms with van der Waals surface area (Å²) in [7, 11) is 3.13. The average molecular weight is 496 g/mol. The van der Waals surface area contributed by atoms with Crippen LogP contribution in [0.5, 0.6) is 5.75 Å². The first-order chi connectivity index (χ1) is 17.5. The van der Waals surface area contributed by atoms with E-state index in [0.29, 0.717) is 18.9 Å². The zero-order valence-electron chi connectivity index (χ0n) is 22.0. The highest BCUT2D eigenvalue weighted by Gasteiger charge is 2.27. The van der Waals surface area contributed by atoms with Gasteiger partial charge in [0.15, 0.2) is 0 Å². The Morgan fingerprint density at radius 2 is 2.14 bits per heavy atom. The first-order valence-electron chi connectivity index (χ1n) is 13.3. The molecule has 2 aliphatic rings. The van der Waals surface area contributed by atoms with Crippen LogP contribution in [0.25, 0.3) is 0 Å². The summed E-state index contributed by atoms with van der Waals surface area (Å²) < 4.78 is 16.2. The zero-order valence-corrected chi connectivity index (χ0v) is 22.0. The molecule has 3 heterocycles. The van der Waals surface area contributed by atoms with Crippen LogP contribution in [-0.2, 0) is 27.1 Å². The van der Waals surface area contributed by atoms with Crippen molar-refractivity contribution in [2.75, 3.05) is 52.3 Å². The van der Waals surface area contributed by atoms with Crippen molar-refractivity contribution in [3.8, 4) is 5.75 Å². The van der Waals surface area contributed by atoms with Gasteiger partial charge in [-0.2, -0.15) is 0 Å². The second-order valence-electron chi connectivity index (χ2n) is 10.2. The third-order valence-electron chi connectivity index (χ3n) is 7.32. The number of fused-ring (bicyclic) bond motifs is 1. The van der Waals surface area contributed by atoms with E-state index in [1.165, 1.54) is 31.2 Å². The van der Waals surface area contributed by atoms with Gasteiger partial charge < -0.3 is 24.4 Å². The van der Waals surface area contributed by atoms with Gasteiger partial charge in [0.1, 0.15) is 17.7 Å². The van der Waals surface area contributed by atoms with Crippen molar-refractivity contribution in [2.24, 2.45) is 5.92 Å². The number of aryl methyl sites for hydroxylation is 2. The maximum absolute atomic E-state index is 12.2. The number of hydrogen-bond donors (Lipinski definition) is 1. The molecule has 1 aromatic carbocycles. The molecule has 36 heavy (non-hydrogen) atoms. The van der Waals surface area contributed by atoms with E-state index in [4.69, 9.17) is 19.2 Å². The lowest BCUT2D eigenvalue weighted by atomic mass is 9.94. The fourth-order valence-corrected chi connectivity index (χ4v) is 5.40. The molecule has 7 nitrogen and oxygen atoms in total. The zero-order chi connectivity index (χ0) is 25.3. The average Bonchev–Trinajstić information content (AvgIpc) is 3.34. The highest BCUT2D eigenvalue weighted by Crippen LogP contribution is 2.29. The van der Waals surface area contributed by atoms with Gasteiger partial charge in [-0.05, 0) is 80.8 Å². The molecule has 1 aromatic heterocycles. The molecule has 1 fully saturated rings. The summed E-state index contributed by atoms with van der Waals surface area (Å²) in [5.74, 6) is 2.42. The van der Waals surface area contributed by atoms with Crippen LogP contribution >= 0.6 is 0 Å². The predicted octanol–water partition coefficient (Wildman–Crippen LogP) is 4.45. The Labute approximate surface area is 215 Å². The second kappa shape index (κ2) is 13.1. The van der Waals surface area contributed by atoms with E-state index in [2.05, 4.69) is 34.5 Å². The summed E-state index contributed by atoms with van der Waals surface area (Å²) in [6.45, 7) is 6.49. The quantitative estimate of drug-likeness (QED) is 0.436. The summed E-state index contributed by atoms with van der Waals surface area (Å²) in [5.41, 5.74) is 3.64. The molecule has 2 aliphatic heterocycles.